The molecule has 1 amide bonds. The Morgan fingerprint density at radius 2 is 2.00 bits per heavy atom. The van der Waals surface area contributed by atoms with Gasteiger partial charge in [-0.2, -0.15) is 0 Å². The van der Waals surface area contributed by atoms with Gasteiger partial charge in [-0.1, -0.05) is 24.3 Å². The van der Waals surface area contributed by atoms with E-state index in [2.05, 4.69) is 10.3 Å². The maximum atomic E-state index is 11.8. The van der Waals surface area contributed by atoms with Gasteiger partial charge in [0.2, 0.25) is 0 Å². The van der Waals surface area contributed by atoms with Crippen LogP contribution in [-0.2, 0) is 6.54 Å². The Hall–Kier alpha value is -2.30. The van der Waals surface area contributed by atoms with Gasteiger partial charge in [0.25, 0.3) is 5.56 Å². The minimum atomic E-state index is -1.14. The molecule has 0 atom stereocenters. The first kappa shape index (κ1) is 11.2. The van der Waals surface area contributed by atoms with Crippen LogP contribution >= 0.6 is 0 Å². The van der Waals surface area contributed by atoms with Crippen molar-refractivity contribution in [2.45, 2.75) is 13.5 Å². The van der Waals surface area contributed by atoms with Gasteiger partial charge in [0, 0.05) is 16.6 Å². The van der Waals surface area contributed by atoms with Gasteiger partial charge in [-0.25, -0.2) is 4.79 Å². The van der Waals surface area contributed by atoms with E-state index in [1.54, 1.807) is 0 Å². The normalized spacial score (nSPS) is 10.4. The maximum Gasteiger partial charge on any atom is 0.404 e. The minimum absolute atomic E-state index is 0.00542. The van der Waals surface area contributed by atoms with Gasteiger partial charge < -0.3 is 15.4 Å². The Morgan fingerprint density at radius 1 is 1.35 bits per heavy atom. The van der Waals surface area contributed by atoms with Gasteiger partial charge in [0.15, 0.2) is 0 Å². The van der Waals surface area contributed by atoms with Crippen molar-refractivity contribution in [2.75, 3.05) is 0 Å². The first-order valence-electron chi connectivity index (χ1n) is 5.17. The SMILES string of the molecule is Cc1[nH]c(=O)c(CNC(=O)O)c2ccccc12. The lowest BCUT2D eigenvalue weighted by Crippen LogP contribution is -2.25. The van der Waals surface area contributed by atoms with E-state index in [1.807, 2.05) is 31.2 Å². The van der Waals surface area contributed by atoms with Crippen molar-refractivity contribution in [1.82, 2.24) is 10.3 Å². The maximum absolute atomic E-state index is 11.8. The van der Waals surface area contributed by atoms with Crippen LogP contribution in [0.2, 0.25) is 0 Å². The average molecular weight is 232 g/mol. The number of rotatable bonds is 2. The van der Waals surface area contributed by atoms with Gasteiger partial charge in [-0.15, -0.1) is 0 Å². The molecule has 88 valence electrons. The summed E-state index contributed by atoms with van der Waals surface area (Å²) in [4.78, 5) is 25.0. The second-order valence-corrected chi connectivity index (χ2v) is 3.76. The molecule has 1 heterocycles. The number of H-pyrrole nitrogens is 1. The van der Waals surface area contributed by atoms with E-state index in [0.29, 0.717) is 5.56 Å². The third-order valence-electron chi connectivity index (χ3n) is 2.65. The second kappa shape index (κ2) is 4.29. The molecular formula is C12H12N2O3. The van der Waals surface area contributed by atoms with Crippen molar-refractivity contribution in [3.8, 4) is 0 Å². The highest BCUT2D eigenvalue weighted by atomic mass is 16.4. The van der Waals surface area contributed by atoms with Crippen molar-refractivity contribution in [1.29, 1.82) is 0 Å². The lowest BCUT2D eigenvalue weighted by Gasteiger charge is -2.07. The molecule has 0 aliphatic carbocycles. The third kappa shape index (κ3) is 2.13. The van der Waals surface area contributed by atoms with E-state index in [-0.39, 0.29) is 12.1 Å². The highest BCUT2D eigenvalue weighted by Crippen LogP contribution is 2.17. The van der Waals surface area contributed by atoms with Gasteiger partial charge in [-0.05, 0) is 12.3 Å². The van der Waals surface area contributed by atoms with Crippen LogP contribution in [0.4, 0.5) is 4.79 Å². The van der Waals surface area contributed by atoms with E-state index in [4.69, 9.17) is 5.11 Å². The molecule has 0 fully saturated rings. The fraction of sp³-hybridized carbons (Fsp3) is 0.167. The van der Waals surface area contributed by atoms with Crippen LogP contribution < -0.4 is 10.9 Å². The number of hydrogen-bond acceptors (Lipinski definition) is 2. The van der Waals surface area contributed by atoms with E-state index in [1.165, 1.54) is 0 Å². The smallest absolute Gasteiger partial charge is 0.404 e. The van der Waals surface area contributed by atoms with Gasteiger partial charge >= 0.3 is 6.09 Å². The third-order valence-corrected chi connectivity index (χ3v) is 2.65. The summed E-state index contributed by atoms with van der Waals surface area (Å²) in [7, 11) is 0. The van der Waals surface area contributed by atoms with E-state index < -0.39 is 6.09 Å². The average Bonchev–Trinajstić information content (AvgIpc) is 2.28. The Kier molecular flexibility index (Phi) is 2.82. The summed E-state index contributed by atoms with van der Waals surface area (Å²) < 4.78 is 0. The molecule has 0 saturated carbocycles. The number of aryl methyl sites for hydroxylation is 1. The molecule has 2 aromatic rings. The van der Waals surface area contributed by atoms with Gasteiger partial charge in [-0.3, -0.25) is 4.79 Å². The summed E-state index contributed by atoms with van der Waals surface area (Å²) in [6.07, 6.45) is -1.14. The van der Waals surface area contributed by atoms with Crippen molar-refractivity contribution >= 4 is 16.9 Å². The summed E-state index contributed by atoms with van der Waals surface area (Å²) in [5.41, 5.74) is 0.966. The van der Waals surface area contributed by atoms with Crippen LogP contribution in [0.5, 0.6) is 0 Å². The topological polar surface area (TPSA) is 82.2 Å². The molecule has 2 rings (SSSR count). The van der Waals surface area contributed by atoms with E-state index >= 15 is 0 Å². The quantitative estimate of drug-likeness (QED) is 0.735. The van der Waals surface area contributed by atoms with Gasteiger partial charge in [0.1, 0.15) is 0 Å². The fourth-order valence-corrected chi connectivity index (χ4v) is 1.85. The molecular weight excluding hydrogens is 220 g/mol. The van der Waals surface area contributed by atoms with Gasteiger partial charge in [0.05, 0.1) is 6.54 Å². The van der Waals surface area contributed by atoms with Crippen molar-refractivity contribution in [2.24, 2.45) is 0 Å². The standard InChI is InChI=1S/C12H12N2O3/c1-7-8-4-2-3-5-9(8)10(11(15)14-7)6-13-12(16)17/h2-5,13H,6H2,1H3,(H,14,15)(H,16,17). The predicted molar refractivity (Wildman–Crippen MR) is 64.2 cm³/mol. The zero-order valence-corrected chi connectivity index (χ0v) is 9.28. The molecule has 3 N–H and O–H groups in total. The Bertz CT molecular complexity index is 631. The van der Waals surface area contributed by atoms with E-state index in [9.17, 15) is 9.59 Å². The number of hydrogen-bond donors (Lipinski definition) is 3. The molecule has 0 aliphatic heterocycles. The zero-order valence-electron chi connectivity index (χ0n) is 9.28. The number of amides is 1. The molecule has 0 aliphatic rings. The van der Waals surface area contributed by atoms with Crippen LogP contribution in [0.3, 0.4) is 0 Å². The van der Waals surface area contributed by atoms with Crippen LogP contribution in [0.15, 0.2) is 29.1 Å². The predicted octanol–water partition coefficient (Wildman–Crippen LogP) is 1.60. The zero-order chi connectivity index (χ0) is 12.4. The summed E-state index contributed by atoms with van der Waals surface area (Å²) in [5, 5.41) is 12.5. The Labute approximate surface area is 97.1 Å². The largest absolute Gasteiger partial charge is 0.465 e. The highest BCUT2D eigenvalue weighted by Gasteiger charge is 2.09. The lowest BCUT2D eigenvalue weighted by atomic mass is 10.1. The van der Waals surface area contributed by atoms with Crippen LogP contribution in [0.25, 0.3) is 10.8 Å². The number of aromatic amines is 1. The summed E-state index contributed by atoms with van der Waals surface area (Å²) in [6.45, 7) is 1.82. The van der Waals surface area contributed by atoms with Crippen molar-refractivity contribution in [3.63, 3.8) is 0 Å². The molecule has 1 aromatic carbocycles. The highest BCUT2D eigenvalue weighted by molar-refractivity contribution is 5.87. The Balaban J connectivity index is 2.61. The molecule has 5 heteroatoms. The monoisotopic (exact) mass is 232 g/mol. The number of aromatic nitrogens is 1. The number of carbonyl (C=O) groups is 1. The lowest BCUT2D eigenvalue weighted by molar-refractivity contribution is 0.194. The number of nitrogens with one attached hydrogen (secondary N) is 2. The first-order chi connectivity index (χ1) is 8.09. The van der Waals surface area contributed by atoms with E-state index in [0.717, 1.165) is 16.5 Å². The second-order valence-electron chi connectivity index (χ2n) is 3.76. The summed E-state index contributed by atoms with van der Waals surface area (Å²) in [6, 6.07) is 7.41. The molecule has 0 spiro atoms. The molecule has 17 heavy (non-hydrogen) atoms. The van der Waals surface area contributed by atoms with Crippen LogP contribution in [0.1, 0.15) is 11.3 Å². The Morgan fingerprint density at radius 3 is 2.65 bits per heavy atom. The van der Waals surface area contributed by atoms with Crippen LogP contribution in [0, 0.1) is 6.92 Å². The molecule has 0 saturated heterocycles. The molecule has 0 radical (unpaired) electrons. The van der Waals surface area contributed by atoms with Crippen molar-refractivity contribution < 1.29 is 9.90 Å². The molecule has 0 unspecified atom stereocenters. The van der Waals surface area contributed by atoms with Crippen LogP contribution in [-0.4, -0.2) is 16.2 Å². The number of pyridine rings is 1. The minimum Gasteiger partial charge on any atom is -0.465 e. The summed E-state index contributed by atoms with van der Waals surface area (Å²) >= 11 is 0. The fourth-order valence-electron chi connectivity index (χ4n) is 1.85. The van der Waals surface area contributed by atoms with Crippen molar-refractivity contribution in [3.05, 3.63) is 45.9 Å². The summed E-state index contributed by atoms with van der Waals surface area (Å²) in [5.74, 6) is 0. The molecule has 5 nitrogen and oxygen atoms in total. The first-order valence-corrected chi connectivity index (χ1v) is 5.17. The number of benzene rings is 1. The molecule has 0 bridgehead atoms. The number of carboxylic acid groups (broad SMARTS) is 1. The molecule has 1 aromatic heterocycles. The number of fused-ring (bicyclic) bond motifs is 1.